The molecule has 0 aliphatic carbocycles. The number of piperazine rings is 1. The first-order valence-corrected chi connectivity index (χ1v) is 10.4. The van der Waals surface area contributed by atoms with Crippen molar-refractivity contribution in [1.82, 2.24) is 14.7 Å². The average Bonchev–Trinajstić information content (AvgIpc) is 3.06. The fourth-order valence-corrected chi connectivity index (χ4v) is 3.67. The number of amides is 5. The van der Waals surface area contributed by atoms with Crippen molar-refractivity contribution in [3.05, 3.63) is 65.2 Å². The summed E-state index contributed by atoms with van der Waals surface area (Å²) in [6.07, 6.45) is 0. The minimum atomic E-state index is -0.762. The molecule has 0 unspecified atom stereocenters. The maximum absolute atomic E-state index is 12.5. The standard InChI is InChI=1S/C23H22N4O6/c1-25-20(29)17-8-7-15(13-18(17)21(25)30)22(31)33-14-19(28)26-9-11-27(12-10-26)23(32)24-16-5-3-2-4-6-16/h2-8,13H,9-12,14H2,1H3,(H,24,32). The molecule has 1 saturated heterocycles. The van der Waals surface area contributed by atoms with E-state index in [2.05, 4.69) is 5.32 Å². The number of imide groups is 1. The molecule has 0 saturated carbocycles. The number of nitrogens with one attached hydrogen (secondary N) is 1. The van der Waals surface area contributed by atoms with Crippen molar-refractivity contribution >= 4 is 35.4 Å². The zero-order valence-electron chi connectivity index (χ0n) is 17.9. The van der Waals surface area contributed by atoms with Gasteiger partial charge in [0.25, 0.3) is 17.7 Å². The number of para-hydroxylation sites is 1. The molecule has 33 heavy (non-hydrogen) atoms. The van der Waals surface area contributed by atoms with Gasteiger partial charge in [0.15, 0.2) is 6.61 Å². The van der Waals surface area contributed by atoms with Crippen LogP contribution < -0.4 is 5.32 Å². The van der Waals surface area contributed by atoms with Crippen molar-refractivity contribution in [2.75, 3.05) is 45.2 Å². The molecule has 1 N–H and O–H groups in total. The van der Waals surface area contributed by atoms with Gasteiger partial charge in [0.1, 0.15) is 0 Å². The lowest BCUT2D eigenvalue weighted by molar-refractivity contribution is -0.135. The van der Waals surface area contributed by atoms with Gasteiger partial charge in [0.2, 0.25) is 0 Å². The van der Waals surface area contributed by atoms with E-state index in [4.69, 9.17) is 4.74 Å². The summed E-state index contributed by atoms with van der Waals surface area (Å²) in [5.41, 5.74) is 1.13. The number of anilines is 1. The molecule has 2 aromatic carbocycles. The van der Waals surface area contributed by atoms with E-state index in [0.717, 1.165) is 4.90 Å². The van der Waals surface area contributed by atoms with Crippen molar-refractivity contribution in [3.8, 4) is 0 Å². The quantitative estimate of drug-likeness (QED) is 0.557. The fourth-order valence-electron chi connectivity index (χ4n) is 3.67. The van der Waals surface area contributed by atoms with E-state index in [-0.39, 0.29) is 28.6 Å². The van der Waals surface area contributed by atoms with Gasteiger partial charge >= 0.3 is 12.0 Å². The van der Waals surface area contributed by atoms with Gasteiger partial charge in [-0.1, -0.05) is 18.2 Å². The highest BCUT2D eigenvalue weighted by molar-refractivity contribution is 6.21. The van der Waals surface area contributed by atoms with Crippen LogP contribution in [0.25, 0.3) is 0 Å². The molecule has 0 radical (unpaired) electrons. The molecule has 5 amide bonds. The predicted molar refractivity (Wildman–Crippen MR) is 117 cm³/mol. The zero-order valence-corrected chi connectivity index (χ0v) is 17.9. The molecule has 2 aromatic rings. The van der Waals surface area contributed by atoms with Crippen LogP contribution in [0.3, 0.4) is 0 Å². The number of carbonyl (C=O) groups is 5. The van der Waals surface area contributed by atoms with E-state index in [1.807, 2.05) is 18.2 Å². The van der Waals surface area contributed by atoms with Gasteiger partial charge in [-0.25, -0.2) is 9.59 Å². The number of rotatable bonds is 4. The number of carbonyl (C=O) groups excluding carboxylic acids is 5. The Balaban J connectivity index is 1.26. The van der Waals surface area contributed by atoms with Gasteiger partial charge in [-0.3, -0.25) is 19.3 Å². The Morgan fingerprint density at radius 2 is 1.52 bits per heavy atom. The predicted octanol–water partition coefficient (Wildman–Crippen LogP) is 1.45. The summed E-state index contributed by atoms with van der Waals surface area (Å²) in [7, 11) is 1.37. The van der Waals surface area contributed by atoms with Crippen LogP contribution in [0.4, 0.5) is 10.5 Å². The van der Waals surface area contributed by atoms with E-state index in [0.29, 0.717) is 31.9 Å². The first kappa shape index (κ1) is 22.0. The monoisotopic (exact) mass is 450 g/mol. The highest BCUT2D eigenvalue weighted by Gasteiger charge is 2.33. The van der Waals surface area contributed by atoms with E-state index >= 15 is 0 Å². The molecule has 170 valence electrons. The summed E-state index contributed by atoms with van der Waals surface area (Å²) in [6, 6.07) is 12.9. The SMILES string of the molecule is CN1C(=O)c2ccc(C(=O)OCC(=O)N3CCN(C(=O)Nc4ccccc4)CC3)cc2C1=O. The van der Waals surface area contributed by atoms with Crippen molar-refractivity contribution in [2.45, 2.75) is 0 Å². The minimum Gasteiger partial charge on any atom is -0.452 e. The smallest absolute Gasteiger partial charge is 0.338 e. The van der Waals surface area contributed by atoms with Crippen LogP contribution in [0.15, 0.2) is 48.5 Å². The molecule has 2 heterocycles. The minimum absolute atomic E-state index is 0.0837. The summed E-state index contributed by atoms with van der Waals surface area (Å²) < 4.78 is 5.11. The van der Waals surface area contributed by atoms with E-state index < -0.39 is 24.4 Å². The number of ether oxygens (including phenoxy) is 1. The number of esters is 1. The van der Waals surface area contributed by atoms with Crippen LogP contribution in [0.2, 0.25) is 0 Å². The maximum atomic E-state index is 12.5. The van der Waals surface area contributed by atoms with E-state index in [9.17, 15) is 24.0 Å². The number of hydrogen-bond donors (Lipinski definition) is 1. The van der Waals surface area contributed by atoms with Crippen LogP contribution in [-0.4, -0.2) is 84.3 Å². The largest absolute Gasteiger partial charge is 0.452 e. The van der Waals surface area contributed by atoms with Crippen molar-refractivity contribution in [1.29, 1.82) is 0 Å². The fraction of sp³-hybridized carbons (Fsp3) is 0.261. The molecular weight excluding hydrogens is 428 g/mol. The highest BCUT2D eigenvalue weighted by atomic mass is 16.5. The van der Waals surface area contributed by atoms with Crippen LogP contribution in [0, 0.1) is 0 Å². The van der Waals surface area contributed by atoms with Crippen LogP contribution in [0.1, 0.15) is 31.1 Å². The van der Waals surface area contributed by atoms with E-state index in [1.165, 1.54) is 30.1 Å². The number of hydrogen-bond acceptors (Lipinski definition) is 6. The lowest BCUT2D eigenvalue weighted by atomic mass is 10.1. The Hall–Kier alpha value is -4.21. The molecule has 1 fully saturated rings. The van der Waals surface area contributed by atoms with Gasteiger partial charge < -0.3 is 19.9 Å². The third-order valence-electron chi connectivity index (χ3n) is 5.60. The molecular formula is C23H22N4O6. The summed E-state index contributed by atoms with van der Waals surface area (Å²) in [6.45, 7) is 0.888. The van der Waals surface area contributed by atoms with Crippen LogP contribution in [0.5, 0.6) is 0 Å². The lowest BCUT2D eigenvalue weighted by Crippen LogP contribution is -2.52. The second-order valence-corrected chi connectivity index (χ2v) is 7.67. The van der Waals surface area contributed by atoms with E-state index in [1.54, 1.807) is 17.0 Å². The Morgan fingerprint density at radius 3 is 2.21 bits per heavy atom. The van der Waals surface area contributed by atoms with Crippen LogP contribution in [-0.2, 0) is 9.53 Å². The molecule has 0 atom stereocenters. The van der Waals surface area contributed by atoms with Gasteiger partial charge in [-0.2, -0.15) is 0 Å². The Bertz CT molecular complexity index is 1130. The van der Waals surface area contributed by atoms with Gasteiger partial charge in [0.05, 0.1) is 16.7 Å². The second kappa shape index (κ2) is 9.11. The van der Waals surface area contributed by atoms with Crippen molar-refractivity contribution < 1.29 is 28.7 Å². The van der Waals surface area contributed by atoms with Gasteiger partial charge in [0, 0.05) is 38.9 Å². The number of urea groups is 1. The Morgan fingerprint density at radius 1 is 0.879 bits per heavy atom. The first-order chi connectivity index (χ1) is 15.8. The lowest BCUT2D eigenvalue weighted by Gasteiger charge is -2.34. The molecule has 0 spiro atoms. The van der Waals surface area contributed by atoms with Gasteiger partial charge in [-0.15, -0.1) is 0 Å². The Labute approximate surface area is 189 Å². The zero-order chi connectivity index (χ0) is 23.5. The summed E-state index contributed by atoms with van der Waals surface area (Å²) in [4.78, 5) is 65.3. The molecule has 2 aliphatic rings. The third-order valence-corrected chi connectivity index (χ3v) is 5.60. The Kier molecular flexibility index (Phi) is 6.07. The highest BCUT2D eigenvalue weighted by Crippen LogP contribution is 2.23. The van der Waals surface area contributed by atoms with Crippen molar-refractivity contribution in [3.63, 3.8) is 0 Å². The molecule has 10 nitrogen and oxygen atoms in total. The van der Waals surface area contributed by atoms with Gasteiger partial charge in [-0.05, 0) is 30.3 Å². The molecule has 2 aliphatic heterocycles. The summed E-state index contributed by atoms with van der Waals surface area (Å²) in [5, 5.41) is 2.81. The third kappa shape index (κ3) is 4.54. The average molecular weight is 450 g/mol. The normalized spacial score (nSPS) is 15.4. The molecule has 0 aromatic heterocycles. The summed E-state index contributed by atoms with van der Waals surface area (Å²) in [5.74, 6) is -2.06. The molecule has 10 heteroatoms. The summed E-state index contributed by atoms with van der Waals surface area (Å²) >= 11 is 0. The maximum Gasteiger partial charge on any atom is 0.338 e. The number of benzene rings is 2. The molecule has 0 bridgehead atoms. The first-order valence-electron chi connectivity index (χ1n) is 10.4. The number of fused-ring (bicyclic) bond motifs is 1. The van der Waals surface area contributed by atoms with Crippen molar-refractivity contribution in [2.24, 2.45) is 0 Å². The topological polar surface area (TPSA) is 116 Å². The number of nitrogens with zero attached hydrogens (tertiary/aromatic N) is 3. The molecule has 4 rings (SSSR count). The van der Waals surface area contributed by atoms with Crippen LogP contribution >= 0.6 is 0 Å². The second-order valence-electron chi connectivity index (χ2n) is 7.67.